The van der Waals surface area contributed by atoms with Gasteiger partial charge in [-0.1, -0.05) is 28.1 Å². The lowest BCUT2D eigenvalue weighted by atomic mass is 10.0. The van der Waals surface area contributed by atoms with Crippen molar-refractivity contribution in [3.63, 3.8) is 0 Å². The predicted molar refractivity (Wildman–Crippen MR) is 116 cm³/mol. The highest BCUT2D eigenvalue weighted by Crippen LogP contribution is 2.27. The molecule has 4 aromatic rings. The minimum atomic E-state index is 0.725. The topological polar surface area (TPSA) is 47.0 Å². The fourth-order valence-corrected chi connectivity index (χ4v) is 3.42. The molecule has 0 saturated carbocycles. The van der Waals surface area contributed by atoms with E-state index < -0.39 is 0 Å². The highest BCUT2D eigenvalue weighted by atomic mass is 79.9. The van der Waals surface area contributed by atoms with Crippen molar-refractivity contribution in [3.05, 3.63) is 88.7 Å². The zero-order valence-electron chi connectivity index (χ0n) is 15.5. The van der Waals surface area contributed by atoms with Crippen LogP contribution in [0.15, 0.2) is 77.5 Å². The van der Waals surface area contributed by atoms with Crippen LogP contribution in [-0.4, -0.2) is 17.1 Å². The normalized spacial score (nSPS) is 10.9. The fraction of sp³-hybridized carbons (Fsp3) is 0.130. The molecule has 0 amide bonds. The maximum Gasteiger partial charge on any atom is 0.121 e. The molecule has 0 radical (unpaired) electrons. The zero-order valence-corrected chi connectivity index (χ0v) is 17.1. The number of aromatic nitrogens is 2. The molecule has 0 atom stereocenters. The van der Waals surface area contributed by atoms with E-state index in [1.807, 2.05) is 24.3 Å². The van der Waals surface area contributed by atoms with Crippen molar-refractivity contribution < 1.29 is 4.74 Å². The second-order valence-electron chi connectivity index (χ2n) is 6.52. The van der Waals surface area contributed by atoms with Gasteiger partial charge in [0.1, 0.15) is 5.75 Å². The third-order valence-corrected chi connectivity index (χ3v) is 5.14. The molecule has 2 aromatic carbocycles. The first-order valence-electron chi connectivity index (χ1n) is 9.06. The lowest BCUT2D eigenvalue weighted by Gasteiger charge is -2.13. The van der Waals surface area contributed by atoms with Crippen molar-refractivity contribution in [1.82, 2.24) is 15.3 Å². The van der Waals surface area contributed by atoms with Crippen molar-refractivity contribution in [1.29, 1.82) is 0 Å². The van der Waals surface area contributed by atoms with Crippen LogP contribution in [0.1, 0.15) is 11.1 Å². The van der Waals surface area contributed by atoms with E-state index in [0.29, 0.717) is 0 Å². The number of nitrogens with zero attached hydrogens (tertiary/aromatic N) is 2. The number of fused-ring (bicyclic) bond motifs is 1. The predicted octanol–water partition coefficient (Wildman–Crippen LogP) is 5.36. The lowest BCUT2D eigenvalue weighted by molar-refractivity contribution is 0.415. The number of methoxy groups -OCH3 is 1. The molecule has 0 aliphatic carbocycles. The van der Waals surface area contributed by atoms with E-state index in [1.165, 1.54) is 5.56 Å². The third-order valence-electron chi connectivity index (χ3n) is 4.62. The van der Waals surface area contributed by atoms with Crippen LogP contribution in [0.3, 0.4) is 0 Å². The molecule has 5 heteroatoms. The van der Waals surface area contributed by atoms with Gasteiger partial charge in [0.05, 0.1) is 18.3 Å². The van der Waals surface area contributed by atoms with E-state index in [1.54, 1.807) is 19.5 Å². The van der Waals surface area contributed by atoms with E-state index in [9.17, 15) is 0 Å². The summed E-state index contributed by atoms with van der Waals surface area (Å²) in [7, 11) is 1.67. The van der Waals surface area contributed by atoms with Gasteiger partial charge in [-0.15, -0.1) is 0 Å². The maximum absolute atomic E-state index is 5.35. The summed E-state index contributed by atoms with van der Waals surface area (Å²) in [5, 5.41) is 4.64. The van der Waals surface area contributed by atoms with E-state index in [2.05, 4.69) is 62.6 Å². The lowest BCUT2D eigenvalue weighted by Crippen LogP contribution is -2.14. The molecular weight excluding hydrogens is 414 g/mol. The van der Waals surface area contributed by atoms with Crippen molar-refractivity contribution in [2.24, 2.45) is 0 Å². The molecular formula is C23H20BrN3O. The number of hydrogen-bond donors (Lipinski definition) is 1. The van der Waals surface area contributed by atoms with Crippen LogP contribution in [0.4, 0.5) is 0 Å². The fourth-order valence-electron chi connectivity index (χ4n) is 3.16. The van der Waals surface area contributed by atoms with Gasteiger partial charge in [0.25, 0.3) is 0 Å². The third kappa shape index (κ3) is 4.21. The van der Waals surface area contributed by atoms with Crippen LogP contribution < -0.4 is 10.1 Å². The molecule has 0 saturated heterocycles. The molecule has 0 bridgehead atoms. The molecule has 0 unspecified atom stereocenters. The molecule has 4 rings (SSSR count). The van der Waals surface area contributed by atoms with Gasteiger partial charge in [-0.3, -0.25) is 4.98 Å². The average molecular weight is 434 g/mol. The summed E-state index contributed by atoms with van der Waals surface area (Å²) < 4.78 is 6.44. The van der Waals surface area contributed by atoms with Crippen LogP contribution in [0, 0.1) is 0 Å². The summed E-state index contributed by atoms with van der Waals surface area (Å²) in [5.74, 6) is 0.807. The molecule has 0 spiro atoms. The highest BCUT2D eigenvalue weighted by Gasteiger charge is 2.10. The van der Waals surface area contributed by atoms with Crippen LogP contribution in [0.5, 0.6) is 5.75 Å². The maximum atomic E-state index is 5.35. The summed E-state index contributed by atoms with van der Waals surface area (Å²) in [6.45, 7) is 1.52. The molecule has 0 aliphatic heterocycles. The smallest absolute Gasteiger partial charge is 0.121 e. The van der Waals surface area contributed by atoms with Gasteiger partial charge in [0.15, 0.2) is 0 Å². The summed E-state index contributed by atoms with van der Waals surface area (Å²) in [4.78, 5) is 9.07. The van der Waals surface area contributed by atoms with Gasteiger partial charge in [-0.25, -0.2) is 4.98 Å². The average Bonchev–Trinajstić information content (AvgIpc) is 2.75. The molecule has 0 fully saturated rings. The van der Waals surface area contributed by atoms with Crippen LogP contribution in [0.25, 0.3) is 22.2 Å². The molecule has 4 nitrogen and oxygen atoms in total. The molecule has 1 N–H and O–H groups in total. The van der Waals surface area contributed by atoms with Gasteiger partial charge < -0.3 is 10.1 Å². The van der Waals surface area contributed by atoms with Gasteiger partial charge in [-0.2, -0.15) is 0 Å². The first kappa shape index (κ1) is 18.6. The summed E-state index contributed by atoms with van der Waals surface area (Å²) >= 11 is 3.48. The van der Waals surface area contributed by atoms with Crippen LogP contribution >= 0.6 is 15.9 Å². The Morgan fingerprint density at radius 3 is 2.46 bits per heavy atom. The Morgan fingerprint density at radius 1 is 0.929 bits per heavy atom. The summed E-state index contributed by atoms with van der Waals surface area (Å²) in [6.07, 6.45) is 3.59. The number of hydrogen-bond acceptors (Lipinski definition) is 4. The van der Waals surface area contributed by atoms with Gasteiger partial charge in [-0.05, 0) is 53.6 Å². The SMILES string of the molecule is COc1ccc2cc(CNCc3ccc(Br)cc3)c(-c3ccncc3)nc2c1. The number of halogens is 1. The Labute approximate surface area is 172 Å². The van der Waals surface area contributed by atoms with Crippen LogP contribution in [-0.2, 0) is 13.1 Å². The van der Waals surface area contributed by atoms with Gasteiger partial charge >= 0.3 is 0 Å². The number of rotatable bonds is 6. The van der Waals surface area contributed by atoms with E-state index >= 15 is 0 Å². The molecule has 2 heterocycles. The summed E-state index contributed by atoms with van der Waals surface area (Å²) in [6, 6.07) is 20.5. The van der Waals surface area contributed by atoms with Crippen molar-refractivity contribution in [3.8, 4) is 17.0 Å². The monoisotopic (exact) mass is 433 g/mol. The number of benzene rings is 2. The molecule has 2 aromatic heterocycles. The van der Waals surface area contributed by atoms with Crippen LogP contribution in [0.2, 0.25) is 0 Å². The van der Waals surface area contributed by atoms with Crippen molar-refractivity contribution in [2.75, 3.05) is 7.11 Å². The number of nitrogens with one attached hydrogen (secondary N) is 1. The Kier molecular flexibility index (Phi) is 5.65. The minimum Gasteiger partial charge on any atom is -0.497 e. The van der Waals surface area contributed by atoms with E-state index in [-0.39, 0.29) is 0 Å². The first-order valence-corrected chi connectivity index (χ1v) is 9.85. The number of ether oxygens (including phenoxy) is 1. The van der Waals surface area contributed by atoms with Crippen molar-refractivity contribution in [2.45, 2.75) is 13.1 Å². The quantitative estimate of drug-likeness (QED) is 0.444. The van der Waals surface area contributed by atoms with Gasteiger partial charge in [0.2, 0.25) is 0 Å². The van der Waals surface area contributed by atoms with E-state index in [0.717, 1.165) is 51.0 Å². The Hall–Kier alpha value is -2.76. The zero-order chi connectivity index (χ0) is 19.3. The molecule has 28 heavy (non-hydrogen) atoms. The standard InChI is InChI=1S/C23H20BrN3O/c1-28-21-7-4-18-12-19(15-26-14-16-2-5-20(24)6-3-16)23(27-22(18)13-21)17-8-10-25-11-9-17/h2-13,26H,14-15H2,1H3. The number of pyridine rings is 2. The second kappa shape index (κ2) is 8.50. The molecule has 0 aliphatic rings. The Bertz CT molecular complexity index is 1080. The molecule has 140 valence electrons. The summed E-state index contributed by atoms with van der Waals surface area (Å²) in [5.41, 5.74) is 5.34. The van der Waals surface area contributed by atoms with Crippen molar-refractivity contribution >= 4 is 26.8 Å². The second-order valence-corrected chi connectivity index (χ2v) is 7.44. The Morgan fingerprint density at radius 2 is 1.71 bits per heavy atom. The minimum absolute atomic E-state index is 0.725. The van der Waals surface area contributed by atoms with E-state index in [4.69, 9.17) is 9.72 Å². The highest BCUT2D eigenvalue weighted by molar-refractivity contribution is 9.10. The first-order chi connectivity index (χ1) is 13.7. The Balaban J connectivity index is 1.65. The largest absolute Gasteiger partial charge is 0.497 e. The van der Waals surface area contributed by atoms with Gasteiger partial charge in [0, 0.05) is 47.0 Å².